The van der Waals surface area contributed by atoms with Gasteiger partial charge >= 0.3 is 0 Å². The lowest BCUT2D eigenvalue weighted by Gasteiger charge is -2.24. The summed E-state index contributed by atoms with van der Waals surface area (Å²) < 4.78 is 4.12. The second kappa shape index (κ2) is 3.86. The van der Waals surface area contributed by atoms with Crippen LogP contribution in [-0.2, 0) is 7.05 Å². The molecule has 0 radical (unpaired) electrons. The number of anilines is 1. The number of guanidine groups is 1. The van der Waals surface area contributed by atoms with Crippen molar-refractivity contribution in [1.82, 2.24) is 14.1 Å². The van der Waals surface area contributed by atoms with Gasteiger partial charge in [0.05, 0.1) is 16.7 Å². The van der Waals surface area contributed by atoms with Crippen molar-refractivity contribution in [3.8, 4) is 0 Å². The standard InChI is InChI=1S/C14H14N6/c1-19-8-4-7-11(19)12-17-13(15)18-14-16-9-5-2-3-6-10(9)20(12)14/h2-8,12H,1H3,(H3,15,16,17,18)/t12-/m0/s1. The van der Waals surface area contributed by atoms with Gasteiger partial charge in [0.25, 0.3) is 0 Å². The molecule has 0 spiro atoms. The maximum absolute atomic E-state index is 5.89. The largest absolute Gasteiger partial charge is 0.370 e. The highest BCUT2D eigenvalue weighted by atomic mass is 15.4. The number of aryl methyl sites for hydroxylation is 1. The number of nitrogens with one attached hydrogen (secondary N) is 1. The fraction of sp³-hybridized carbons (Fsp3) is 0.143. The minimum atomic E-state index is -0.196. The number of benzene rings is 1. The van der Waals surface area contributed by atoms with Crippen molar-refractivity contribution in [2.24, 2.45) is 17.8 Å². The average Bonchev–Trinajstić information content (AvgIpc) is 3.00. The molecule has 0 amide bonds. The lowest BCUT2D eigenvalue weighted by atomic mass is 10.3. The van der Waals surface area contributed by atoms with Crippen LogP contribution in [0.2, 0.25) is 0 Å². The molecule has 100 valence electrons. The molecule has 1 aliphatic heterocycles. The molecule has 3 N–H and O–H groups in total. The third kappa shape index (κ3) is 1.45. The van der Waals surface area contributed by atoms with E-state index in [9.17, 15) is 0 Å². The minimum absolute atomic E-state index is 0.196. The highest BCUT2D eigenvalue weighted by molar-refractivity contribution is 5.94. The number of hydrogen-bond acceptors (Lipinski definition) is 4. The van der Waals surface area contributed by atoms with Gasteiger partial charge in [-0.2, -0.15) is 0 Å². The Balaban J connectivity index is 2.01. The maximum atomic E-state index is 5.89. The van der Waals surface area contributed by atoms with E-state index in [0.29, 0.717) is 5.96 Å². The van der Waals surface area contributed by atoms with Gasteiger partial charge in [-0.25, -0.2) is 9.98 Å². The minimum Gasteiger partial charge on any atom is -0.370 e. The summed E-state index contributed by atoms with van der Waals surface area (Å²) in [5, 5.41) is 3.03. The van der Waals surface area contributed by atoms with Crippen LogP contribution < -0.4 is 11.1 Å². The summed E-state index contributed by atoms with van der Waals surface area (Å²) in [6, 6.07) is 12.1. The van der Waals surface area contributed by atoms with E-state index >= 15 is 0 Å². The fourth-order valence-corrected chi connectivity index (χ4v) is 2.66. The summed E-state index contributed by atoms with van der Waals surface area (Å²) in [7, 11) is 2.00. The van der Waals surface area contributed by atoms with Gasteiger partial charge in [-0.1, -0.05) is 12.1 Å². The van der Waals surface area contributed by atoms with E-state index in [1.807, 2.05) is 54.2 Å². The molecule has 1 atom stereocenters. The molecule has 0 aliphatic carbocycles. The van der Waals surface area contributed by atoms with E-state index in [4.69, 9.17) is 5.73 Å². The Labute approximate surface area is 115 Å². The Morgan fingerprint density at radius 3 is 2.85 bits per heavy atom. The third-order valence-corrected chi connectivity index (χ3v) is 3.59. The predicted molar refractivity (Wildman–Crippen MR) is 78.5 cm³/mol. The Bertz CT molecular complexity index is 825. The van der Waals surface area contributed by atoms with Crippen LogP contribution in [0.4, 0.5) is 5.95 Å². The van der Waals surface area contributed by atoms with Crippen LogP contribution in [0.3, 0.4) is 0 Å². The molecule has 0 bridgehead atoms. The Hall–Kier alpha value is -2.76. The van der Waals surface area contributed by atoms with Gasteiger partial charge in [-0.15, -0.1) is 0 Å². The quantitative estimate of drug-likeness (QED) is 0.703. The second-order valence-electron chi connectivity index (χ2n) is 4.85. The van der Waals surface area contributed by atoms with Gasteiger partial charge in [0.2, 0.25) is 5.95 Å². The Kier molecular flexibility index (Phi) is 2.14. The van der Waals surface area contributed by atoms with Gasteiger partial charge in [0.15, 0.2) is 12.1 Å². The molecule has 2 aromatic heterocycles. The highest BCUT2D eigenvalue weighted by Gasteiger charge is 2.26. The van der Waals surface area contributed by atoms with Crippen molar-refractivity contribution in [1.29, 1.82) is 0 Å². The Morgan fingerprint density at radius 1 is 1.20 bits per heavy atom. The zero-order chi connectivity index (χ0) is 13.7. The van der Waals surface area contributed by atoms with Crippen LogP contribution in [-0.4, -0.2) is 20.1 Å². The first-order valence-electron chi connectivity index (χ1n) is 6.42. The summed E-state index contributed by atoms with van der Waals surface area (Å²) >= 11 is 0. The molecule has 0 fully saturated rings. The van der Waals surface area contributed by atoms with Gasteiger partial charge in [-0.05, 0) is 24.3 Å². The van der Waals surface area contributed by atoms with Crippen LogP contribution in [0.25, 0.3) is 11.0 Å². The van der Waals surface area contributed by atoms with Gasteiger partial charge in [-0.3, -0.25) is 9.88 Å². The van der Waals surface area contributed by atoms with Gasteiger partial charge in [0, 0.05) is 13.2 Å². The van der Waals surface area contributed by atoms with Crippen molar-refractivity contribution in [3.63, 3.8) is 0 Å². The fourth-order valence-electron chi connectivity index (χ4n) is 2.66. The van der Waals surface area contributed by atoms with Crippen LogP contribution in [0.15, 0.2) is 47.6 Å². The lowest BCUT2D eigenvalue weighted by molar-refractivity contribution is 0.583. The van der Waals surface area contributed by atoms with Crippen LogP contribution in [0, 0.1) is 0 Å². The van der Waals surface area contributed by atoms with Crippen molar-refractivity contribution < 1.29 is 0 Å². The number of aromatic nitrogens is 3. The molecule has 0 saturated carbocycles. The second-order valence-corrected chi connectivity index (χ2v) is 4.85. The van der Waals surface area contributed by atoms with Gasteiger partial charge < -0.3 is 10.3 Å². The molecule has 0 unspecified atom stereocenters. The molecular formula is C14H14N6. The first-order valence-corrected chi connectivity index (χ1v) is 6.42. The zero-order valence-corrected chi connectivity index (χ0v) is 11.0. The smallest absolute Gasteiger partial charge is 0.212 e. The van der Waals surface area contributed by atoms with Crippen molar-refractivity contribution in [2.75, 3.05) is 5.32 Å². The number of para-hydroxylation sites is 2. The normalized spacial score (nSPS) is 17.6. The number of hydrogen-bond donors (Lipinski definition) is 2. The van der Waals surface area contributed by atoms with E-state index in [1.165, 1.54) is 0 Å². The third-order valence-electron chi connectivity index (χ3n) is 3.59. The average molecular weight is 266 g/mol. The molecule has 4 rings (SSSR count). The maximum Gasteiger partial charge on any atom is 0.212 e. The Morgan fingerprint density at radius 2 is 2.05 bits per heavy atom. The molecule has 20 heavy (non-hydrogen) atoms. The lowest BCUT2D eigenvalue weighted by Crippen LogP contribution is -2.32. The number of nitrogens with two attached hydrogens (primary N) is 1. The molecule has 3 heterocycles. The number of aliphatic imine (C=N–C) groups is 1. The van der Waals surface area contributed by atoms with Crippen molar-refractivity contribution >= 4 is 22.9 Å². The molecule has 1 aliphatic rings. The number of nitrogens with zero attached hydrogens (tertiary/aromatic N) is 4. The number of fused-ring (bicyclic) bond motifs is 3. The van der Waals surface area contributed by atoms with Crippen LogP contribution in [0.5, 0.6) is 0 Å². The summed E-state index contributed by atoms with van der Waals surface area (Å²) in [5.41, 5.74) is 8.93. The summed E-state index contributed by atoms with van der Waals surface area (Å²) in [6.07, 6.45) is 1.81. The van der Waals surface area contributed by atoms with Crippen molar-refractivity contribution in [3.05, 3.63) is 48.3 Å². The van der Waals surface area contributed by atoms with Gasteiger partial charge in [0.1, 0.15) is 0 Å². The first-order chi connectivity index (χ1) is 9.74. The SMILES string of the molecule is Cn1cccc1[C@H]1N=C(N)Nc2nc3ccccc3n21. The highest BCUT2D eigenvalue weighted by Crippen LogP contribution is 2.31. The van der Waals surface area contributed by atoms with E-state index in [1.54, 1.807) is 0 Å². The van der Waals surface area contributed by atoms with E-state index < -0.39 is 0 Å². The molecular weight excluding hydrogens is 252 g/mol. The summed E-state index contributed by atoms with van der Waals surface area (Å²) in [5.74, 6) is 1.11. The number of imidazole rings is 1. The van der Waals surface area contributed by atoms with E-state index in [2.05, 4.69) is 19.9 Å². The van der Waals surface area contributed by atoms with E-state index in [0.717, 1.165) is 22.7 Å². The molecule has 6 nitrogen and oxygen atoms in total. The summed E-state index contributed by atoms with van der Waals surface area (Å²) in [4.78, 5) is 9.11. The van der Waals surface area contributed by atoms with E-state index in [-0.39, 0.29) is 6.17 Å². The first kappa shape index (κ1) is 11.1. The van der Waals surface area contributed by atoms with Crippen molar-refractivity contribution in [2.45, 2.75) is 6.17 Å². The predicted octanol–water partition coefficient (Wildman–Crippen LogP) is 1.66. The van der Waals surface area contributed by atoms with Crippen LogP contribution in [0.1, 0.15) is 11.9 Å². The topological polar surface area (TPSA) is 73.2 Å². The molecule has 0 saturated heterocycles. The van der Waals surface area contributed by atoms with Crippen LogP contribution >= 0.6 is 0 Å². The molecule has 3 aromatic rings. The molecule has 6 heteroatoms. The zero-order valence-electron chi connectivity index (χ0n) is 11.0. The summed E-state index contributed by atoms with van der Waals surface area (Å²) in [6.45, 7) is 0. The number of rotatable bonds is 1. The molecule has 1 aromatic carbocycles. The monoisotopic (exact) mass is 266 g/mol.